The zero-order valence-corrected chi connectivity index (χ0v) is 15.9. The molecule has 2 rings (SSSR count). The van der Waals surface area contributed by atoms with Gasteiger partial charge in [0, 0.05) is 0 Å². The number of ether oxygens (including phenoxy) is 2. The molecule has 0 aliphatic rings. The van der Waals surface area contributed by atoms with E-state index < -0.39 is 29.4 Å². The molecule has 2 atom stereocenters. The van der Waals surface area contributed by atoms with Gasteiger partial charge in [-0.1, -0.05) is 48.5 Å². The largest absolute Gasteiger partial charge is 0.460 e. The maximum Gasteiger partial charge on any atom is 0.338 e. The van der Waals surface area contributed by atoms with Crippen LogP contribution in [0.5, 0.6) is 0 Å². The molecule has 0 radical (unpaired) electrons. The summed E-state index contributed by atoms with van der Waals surface area (Å²) in [6, 6.07) is 16.7. The van der Waals surface area contributed by atoms with Crippen LogP contribution < -0.4 is 11.1 Å². The van der Waals surface area contributed by atoms with Crippen LogP contribution in [0.3, 0.4) is 0 Å². The van der Waals surface area contributed by atoms with Gasteiger partial charge in [0.2, 0.25) is 5.91 Å². The Bertz CT molecular complexity index is 806. The van der Waals surface area contributed by atoms with Crippen molar-refractivity contribution in [1.82, 2.24) is 5.32 Å². The van der Waals surface area contributed by atoms with E-state index in [4.69, 9.17) is 15.2 Å². The molecule has 0 saturated heterocycles. The third-order valence-corrected chi connectivity index (χ3v) is 3.96. The van der Waals surface area contributed by atoms with Gasteiger partial charge in [-0.2, -0.15) is 0 Å². The van der Waals surface area contributed by atoms with Gasteiger partial charge in [0.15, 0.2) is 0 Å². The highest BCUT2D eigenvalue weighted by molar-refractivity contribution is 5.92. The molecule has 0 bridgehead atoms. The first kappa shape index (κ1) is 21.1. The fourth-order valence-corrected chi connectivity index (χ4v) is 2.21. The Balaban J connectivity index is 1.82. The number of nitrogens with two attached hydrogens (primary N) is 1. The molecule has 28 heavy (non-hydrogen) atoms. The van der Waals surface area contributed by atoms with Crippen molar-refractivity contribution in [1.29, 1.82) is 0 Å². The summed E-state index contributed by atoms with van der Waals surface area (Å²) in [6.45, 7) is 2.69. The summed E-state index contributed by atoms with van der Waals surface area (Å²) >= 11 is 0. The second-order valence-electron chi connectivity index (χ2n) is 6.65. The predicted octanol–water partition coefficient (Wildman–Crippen LogP) is 1.81. The summed E-state index contributed by atoms with van der Waals surface area (Å²) in [7, 11) is 0. The van der Waals surface area contributed by atoms with Crippen molar-refractivity contribution in [3.63, 3.8) is 0 Å². The number of esters is 2. The monoisotopic (exact) mass is 384 g/mol. The van der Waals surface area contributed by atoms with E-state index in [1.54, 1.807) is 30.3 Å². The third-order valence-electron chi connectivity index (χ3n) is 3.96. The minimum absolute atomic E-state index is 0.106. The molecule has 148 valence electrons. The lowest BCUT2D eigenvalue weighted by molar-refractivity contribution is -0.149. The molecule has 0 aliphatic carbocycles. The lowest BCUT2D eigenvalue weighted by Crippen LogP contribution is -2.58. The van der Waals surface area contributed by atoms with Crippen molar-refractivity contribution in [2.45, 2.75) is 32.0 Å². The summed E-state index contributed by atoms with van der Waals surface area (Å²) < 4.78 is 10.3. The van der Waals surface area contributed by atoms with Crippen molar-refractivity contribution < 1.29 is 23.9 Å². The van der Waals surface area contributed by atoms with Crippen molar-refractivity contribution in [3.05, 3.63) is 71.8 Å². The van der Waals surface area contributed by atoms with E-state index in [1.165, 1.54) is 13.8 Å². The van der Waals surface area contributed by atoms with Gasteiger partial charge >= 0.3 is 11.9 Å². The molecule has 0 unspecified atom stereocenters. The van der Waals surface area contributed by atoms with E-state index in [2.05, 4.69) is 5.32 Å². The predicted molar refractivity (Wildman–Crippen MR) is 103 cm³/mol. The number of hydrogen-bond donors (Lipinski definition) is 2. The van der Waals surface area contributed by atoms with Crippen LogP contribution >= 0.6 is 0 Å². The van der Waals surface area contributed by atoms with Gasteiger partial charge in [0.05, 0.1) is 5.56 Å². The molecule has 0 fully saturated rings. The number of carbonyl (C=O) groups excluding carboxylic acids is 3. The lowest BCUT2D eigenvalue weighted by atomic mass is 10.0. The van der Waals surface area contributed by atoms with E-state index in [0.29, 0.717) is 5.56 Å². The van der Waals surface area contributed by atoms with Gasteiger partial charge in [-0.3, -0.25) is 4.79 Å². The van der Waals surface area contributed by atoms with Crippen LogP contribution in [0, 0.1) is 0 Å². The zero-order chi connectivity index (χ0) is 20.6. The van der Waals surface area contributed by atoms with Crippen LogP contribution in [0.25, 0.3) is 0 Å². The van der Waals surface area contributed by atoms with Gasteiger partial charge < -0.3 is 20.5 Å². The average molecular weight is 384 g/mol. The smallest absolute Gasteiger partial charge is 0.338 e. The first-order valence-electron chi connectivity index (χ1n) is 8.82. The molecular formula is C21H24N2O5. The number of carbonyl (C=O) groups is 3. The highest BCUT2D eigenvalue weighted by atomic mass is 16.5. The Kier molecular flexibility index (Phi) is 7.28. The third kappa shape index (κ3) is 6.21. The lowest BCUT2D eigenvalue weighted by Gasteiger charge is -2.25. The fourth-order valence-electron chi connectivity index (χ4n) is 2.21. The average Bonchev–Trinajstić information content (AvgIpc) is 2.71. The Morgan fingerprint density at radius 2 is 1.57 bits per heavy atom. The number of benzene rings is 2. The summed E-state index contributed by atoms with van der Waals surface area (Å²) in [5, 5.41) is 2.49. The Hall–Kier alpha value is -3.19. The molecule has 2 aromatic carbocycles. The van der Waals surface area contributed by atoms with Gasteiger partial charge in [-0.05, 0) is 31.5 Å². The van der Waals surface area contributed by atoms with Crippen LogP contribution in [0.1, 0.15) is 29.8 Å². The Morgan fingerprint density at radius 3 is 2.18 bits per heavy atom. The van der Waals surface area contributed by atoms with Gasteiger partial charge in [-0.25, -0.2) is 9.59 Å². The second kappa shape index (κ2) is 9.66. The molecule has 0 saturated carbocycles. The van der Waals surface area contributed by atoms with E-state index in [1.807, 2.05) is 30.3 Å². The Labute approximate surface area is 163 Å². The van der Waals surface area contributed by atoms with Crippen LogP contribution in [-0.2, 0) is 25.7 Å². The molecule has 2 aromatic rings. The molecule has 0 aromatic heterocycles. The van der Waals surface area contributed by atoms with Gasteiger partial charge in [0.25, 0.3) is 0 Å². The van der Waals surface area contributed by atoms with E-state index in [-0.39, 0.29) is 13.2 Å². The van der Waals surface area contributed by atoms with Crippen molar-refractivity contribution in [2.75, 3.05) is 6.61 Å². The van der Waals surface area contributed by atoms with Crippen LogP contribution in [0.2, 0.25) is 0 Å². The minimum Gasteiger partial charge on any atom is -0.460 e. The quantitative estimate of drug-likeness (QED) is 0.672. The number of nitrogens with one attached hydrogen (secondary N) is 1. The van der Waals surface area contributed by atoms with Crippen molar-refractivity contribution >= 4 is 17.8 Å². The van der Waals surface area contributed by atoms with Crippen LogP contribution in [0.4, 0.5) is 0 Å². The van der Waals surface area contributed by atoms with Crippen molar-refractivity contribution in [2.24, 2.45) is 5.73 Å². The Morgan fingerprint density at radius 1 is 1.00 bits per heavy atom. The summed E-state index contributed by atoms with van der Waals surface area (Å²) in [6.07, 6.45) is 0. The summed E-state index contributed by atoms with van der Waals surface area (Å²) in [5.74, 6) is -1.80. The first-order valence-corrected chi connectivity index (χ1v) is 8.82. The number of amides is 1. The molecule has 7 nitrogen and oxygen atoms in total. The maximum atomic E-state index is 12.4. The number of rotatable bonds is 8. The number of hydrogen-bond acceptors (Lipinski definition) is 6. The fraction of sp³-hybridized carbons (Fsp3) is 0.286. The molecule has 0 heterocycles. The summed E-state index contributed by atoms with van der Waals surface area (Å²) in [5.41, 5.74) is 5.65. The van der Waals surface area contributed by atoms with E-state index >= 15 is 0 Å². The first-order chi connectivity index (χ1) is 13.3. The molecule has 7 heteroatoms. The summed E-state index contributed by atoms with van der Waals surface area (Å²) in [4.78, 5) is 36.4. The molecule has 0 spiro atoms. The molecule has 3 N–H and O–H groups in total. The zero-order valence-electron chi connectivity index (χ0n) is 15.9. The van der Waals surface area contributed by atoms with Crippen LogP contribution in [0.15, 0.2) is 60.7 Å². The normalized spacial score (nSPS) is 13.7. The maximum absolute atomic E-state index is 12.4. The second-order valence-corrected chi connectivity index (χ2v) is 6.65. The highest BCUT2D eigenvalue weighted by Gasteiger charge is 2.32. The van der Waals surface area contributed by atoms with Crippen molar-refractivity contribution in [3.8, 4) is 0 Å². The minimum atomic E-state index is -1.50. The highest BCUT2D eigenvalue weighted by Crippen LogP contribution is 2.07. The van der Waals surface area contributed by atoms with Gasteiger partial charge in [0.1, 0.15) is 24.8 Å². The topological polar surface area (TPSA) is 108 Å². The molecular weight excluding hydrogens is 360 g/mol. The SMILES string of the molecule is C[C@H](NC(=O)[C@](C)(N)COC(=O)c1ccccc1)C(=O)OCc1ccccc1. The molecule has 1 amide bonds. The van der Waals surface area contributed by atoms with E-state index in [0.717, 1.165) is 5.56 Å². The molecule has 0 aliphatic heterocycles. The van der Waals surface area contributed by atoms with Crippen LogP contribution in [-0.4, -0.2) is 36.0 Å². The van der Waals surface area contributed by atoms with E-state index in [9.17, 15) is 14.4 Å². The standard InChI is InChI=1S/C21H24N2O5/c1-15(18(24)27-13-16-9-5-3-6-10-16)23-20(26)21(2,22)14-28-19(25)17-11-7-4-8-12-17/h3-12,15H,13-14,22H2,1-2H3,(H,23,26)/t15-,21+/m0/s1. The van der Waals surface area contributed by atoms with Gasteiger partial charge in [-0.15, -0.1) is 0 Å².